The number of hydrogen-bond acceptors (Lipinski definition) is 2. The average Bonchev–Trinajstić information content (AvgIpc) is 2.10. The maximum atomic E-state index is 11.2. The lowest BCUT2D eigenvalue weighted by Crippen LogP contribution is -2.50. The number of amides is 1. The van der Waals surface area contributed by atoms with Crippen LogP contribution < -0.4 is 5.32 Å². The van der Waals surface area contributed by atoms with Crippen molar-refractivity contribution in [1.29, 1.82) is 0 Å². The Labute approximate surface area is 92.2 Å². The van der Waals surface area contributed by atoms with E-state index in [0.717, 1.165) is 37.4 Å². The molecule has 2 fully saturated rings. The molecule has 1 aliphatic heterocycles. The fraction of sp³-hybridized carbons (Fsp3) is 0.917. The summed E-state index contributed by atoms with van der Waals surface area (Å²) in [7, 11) is 0. The van der Waals surface area contributed by atoms with E-state index in [1.54, 1.807) is 0 Å². The first-order valence-corrected chi connectivity index (χ1v) is 6.14. The van der Waals surface area contributed by atoms with Gasteiger partial charge >= 0.3 is 0 Å². The van der Waals surface area contributed by atoms with E-state index in [0.29, 0.717) is 6.54 Å². The lowest BCUT2D eigenvalue weighted by atomic mass is 9.69. The van der Waals surface area contributed by atoms with Gasteiger partial charge in [-0.2, -0.15) is 0 Å². The van der Waals surface area contributed by atoms with E-state index < -0.39 is 0 Å². The molecule has 0 spiro atoms. The number of piperazine rings is 1. The van der Waals surface area contributed by atoms with Gasteiger partial charge in [-0.1, -0.05) is 13.8 Å². The second-order valence-electron chi connectivity index (χ2n) is 5.43. The standard InChI is InChI=1S/C12H22N2O/c1-9(2)11-5-10(6-11)7-14-4-3-13-12(15)8-14/h9-11H,3-8H2,1-2H3,(H,13,15)/t10-,11+. The van der Waals surface area contributed by atoms with Crippen LogP contribution in [0.15, 0.2) is 0 Å². The van der Waals surface area contributed by atoms with Crippen molar-refractivity contribution in [3.63, 3.8) is 0 Å². The molecule has 3 heteroatoms. The van der Waals surface area contributed by atoms with Crippen molar-refractivity contribution in [3.8, 4) is 0 Å². The maximum absolute atomic E-state index is 11.2. The number of hydrogen-bond donors (Lipinski definition) is 1. The molecular formula is C12H22N2O. The van der Waals surface area contributed by atoms with E-state index in [-0.39, 0.29) is 5.91 Å². The molecule has 1 amide bonds. The second kappa shape index (κ2) is 4.52. The molecule has 2 rings (SSSR count). The fourth-order valence-electron chi connectivity index (χ4n) is 2.69. The largest absolute Gasteiger partial charge is 0.354 e. The molecule has 0 bridgehead atoms. The van der Waals surface area contributed by atoms with Gasteiger partial charge in [0.05, 0.1) is 6.54 Å². The molecule has 1 heterocycles. The van der Waals surface area contributed by atoms with E-state index in [1.807, 2.05) is 0 Å². The Morgan fingerprint density at radius 1 is 1.47 bits per heavy atom. The highest BCUT2D eigenvalue weighted by Crippen LogP contribution is 2.39. The molecule has 15 heavy (non-hydrogen) atoms. The van der Waals surface area contributed by atoms with Crippen LogP contribution in [0.4, 0.5) is 0 Å². The molecule has 86 valence electrons. The lowest BCUT2D eigenvalue weighted by molar-refractivity contribution is -0.124. The first-order valence-electron chi connectivity index (χ1n) is 6.14. The van der Waals surface area contributed by atoms with Crippen LogP contribution in [0, 0.1) is 17.8 Å². The minimum Gasteiger partial charge on any atom is -0.354 e. The highest BCUT2D eigenvalue weighted by atomic mass is 16.2. The summed E-state index contributed by atoms with van der Waals surface area (Å²) in [5.41, 5.74) is 0. The molecule has 0 radical (unpaired) electrons. The Kier molecular flexibility index (Phi) is 3.29. The van der Waals surface area contributed by atoms with E-state index in [9.17, 15) is 4.79 Å². The van der Waals surface area contributed by atoms with Gasteiger partial charge in [-0.05, 0) is 30.6 Å². The third-order valence-corrected chi connectivity index (χ3v) is 3.85. The Morgan fingerprint density at radius 2 is 2.20 bits per heavy atom. The highest BCUT2D eigenvalue weighted by Gasteiger charge is 2.32. The van der Waals surface area contributed by atoms with Crippen molar-refractivity contribution in [2.75, 3.05) is 26.2 Å². The monoisotopic (exact) mass is 210 g/mol. The molecule has 0 aromatic rings. The van der Waals surface area contributed by atoms with Gasteiger partial charge in [0, 0.05) is 19.6 Å². The molecule has 1 saturated heterocycles. The number of carbonyl (C=O) groups excluding carboxylic acids is 1. The smallest absolute Gasteiger partial charge is 0.234 e. The zero-order chi connectivity index (χ0) is 10.8. The predicted octanol–water partition coefficient (Wildman–Crippen LogP) is 1.10. The van der Waals surface area contributed by atoms with Gasteiger partial charge in [0.1, 0.15) is 0 Å². The van der Waals surface area contributed by atoms with Gasteiger partial charge in [0.15, 0.2) is 0 Å². The zero-order valence-electron chi connectivity index (χ0n) is 9.83. The SMILES string of the molecule is CC(C)[C@H]1C[C@@H](CN2CCNC(=O)C2)C1. The third-order valence-electron chi connectivity index (χ3n) is 3.85. The van der Waals surface area contributed by atoms with Crippen LogP contribution in [0.25, 0.3) is 0 Å². The Balaban J connectivity index is 1.68. The van der Waals surface area contributed by atoms with Crippen molar-refractivity contribution < 1.29 is 4.79 Å². The quantitative estimate of drug-likeness (QED) is 0.756. The van der Waals surface area contributed by atoms with Crippen LogP contribution in [-0.4, -0.2) is 37.0 Å². The van der Waals surface area contributed by atoms with Crippen LogP contribution in [-0.2, 0) is 4.79 Å². The summed E-state index contributed by atoms with van der Waals surface area (Å²) in [6, 6.07) is 0. The molecule has 0 atom stereocenters. The molecule has 1 aliphatic carbocycles. The average molecular weight is 210 g/mol. The van der Waals surface area contributed by atoms with E-state index in [2.05, 4.69) is 24.1 Å². The molecule has 3 nitrogen and oxygen atoms in total. The van der Waals surface area contributed by atoms with Crippen molar-refractivity contribution in [3.05, 3.63) is 0 Å². The number of nitrogens with zero attached hydrogens (tertiary/aromatic N) is 1. The summed E-state index contributed by atoms with van der Waals surface area (Å²) in [5.74, 6) is 2.82. The summed E-state index contributed by atoms with van der Waals surface area (Å²) in [6.45, 7) is 8.25. The van der Waals surface area contributed by atoms with Crippen LogP contribution in [0.2, 0.25) is 0 Å². The maximum Gasteiger partial charge on any atom is 0.234 e. The summed E-state index contributed by atoms with van der Waals surface area (Å²) in [6.07, 6.45) is 2.74. The van der Waals surface area contributed by atoms with Crippen LogP contribution >= 0.6 is 0 Å². The van der Waals surface area contributed by atoms with Crippen LogP contribution in [0.5, 0.6) is 0 Å². The fourth-order valence-corrected chi connectivity index (χ4v) is 2.69. The van der Waals surface area contributed by atoms with Crippen molar-refractivity contribution >= 4 is 5.91 Å². The minimum atomic E-state index is 0.195. The van der Waals surface area contributed by atoms with Crippen LogP contribution in [0.3, 0.4) is 0 Å². The first-order chi connectivity index (χ1) is 7.15. The van der Waals surface area contributed by atoms with Crippen molar-refractivity contribution in [1.82, 2.24) is 10.2 Å². The molecule has 1 saturated carbocycles. The van der Waals surface area contributed by atoms with E-state index in [4.69, 9.17) is 0 Å². The topological polar surface area (TPSA) is 32.3 Å². The summed E-state index contributed by atoms with van der Waals surface area (Å²) < 4.78 is 0. The first kappa shape index (κ1) is 10.9. The molecule has 0 unspecified atom stereocenters. The highest BCUT2D eigenvalue weighted by molar-refractivity contribution is 5.78. The van der Waals surface area contributed by atoms with Crippen molar-refractivity contribution in [2.24, 2.45) is 17.8 Å². The normalized spacial score (nSPS) is 32.6. The molecule has 0 aromatic carbocycles. The summed E-state index contributed by atoms with van der Waals surface area (Å²) >= 11 is 0. The number of nitrogens with one attached hydrogen (secondary N) is 1. The third kappa shape index (κ3) is 2.71. The Bertz CT molecular complexity index is 234. The molecule has 0 aromatic heterocycles. The van der Waals surface area contributed by atoms with E-state index in [1.165, 1.54) is 12.8 Å². The van der Waals surface area contributed by atoms with Gasteiger partial charge in [0.2, 0.25) is 5.91 Å². The van der Waals surface area contributed by atoms with Gasteiger partial charge in [-0.15, -0.1) is 0 Å². The molecule has 2 aliphatic rings. The van der Waals surface area contributed by atoms with Crippen molar-refractivity contribution in [2.45, 2.75) is 26.7 Å². The Hall–Kier alpha value is -0.570. The number of carbonyl (C=O) groups is 1. The zero-order valence-corrected chi connectivity index (χ0v) is 9.83. The van der Waals surface area contributed by atoms with E-state index >= 15 is 0 Å². The van der Waals surface area contributed by atoms with Gasteiger partial charge in [-0.25, -0.2) is 0 Å². The van der Waals surface area contributed by atoms with Gasteiger partial charge in [0.25, 0.3) is 0 Å². The van der Waals surface area contributed by atoms with Gasteiger partial charge in [-0.3, -0.25) is 9.69 Å². The lowest BCUT2D eigenvalue weighted by Gasteiger charge is -2.41. The predicted molar refractivity (Wildman–Crippen MR) is 60.5 cm³/mol. The van der Waals surface area contributed by atoms with Crippen LogP contribution in [0.1, 0.15) is 26.7 Å². The molecular weight excluding hydrogens is 188 g/mol. The summed E-state index contributed by atoms with van der Waals surface area (Å²) in [5, 5.41) is 2.87. The Morgan fingerprint density at radius 3 is 2.80 bits per heavy atom. The molecule has 1 N–H and O–H groups in total. The number of rotatable bonds is 3. The van der Waals surface area contributed by atoms with Gasteiger partial charge < -0.3 is 5.32 Å². The summed E-state index contributed by atoms with van der Waals surface area (Å²) in [4.78, 5) is 13.5. The minimum absolute atomic E-state index is 0.195. The second-order valence-corrected chi connectivity index (χ2v) is 5.43.